The Labute approximate surface area is 86.0 Å². The second-order valence-corrected chi connectivity index (χ2v) is 3.18. The SMILES string of the molecule is OC(CS)C(O)c1cnc(Cl)nc1. The second kappa shape index (κ2) is 4.76. The van der Waals surface area contributed by atoms with E-state index in [0.717, 1.165) is 0 Å². The fraction of sp³-hybridized carbons (Fsp3) is 0.429. The summed E-state index contributed by atoms with van der Waals surface area (Å²) in [6, 6.07) is 0. The topological polar surface area (TPSA) is 66.2 Å². The molecule has 1 aromatic rings. The molecule has 1 heterocycles. The zero-order valence-electron chi connectivity index (χ0n) is 6.63. The van der Waals surface area contributed by atoms with Gasteiger partial charge < -0.3 is 10.2 Å². The molecule has 0 saturated heterocycles. The van der Waals surface area contributed by atoms with Crippen LogP contribution in [0.25, 0.3) is 0 Å². The number of aliphatic hydroxyl groups excluding tert-OH is 2. The minimum absolute atomic E-state index is 0.108. The number of halogens is 1. The third kappa shape index (κ3) is 2.80. The van der Waals surface area contributed by atoms with Crippen molar-refractivity contribution in [3.63, 3.8) is 0 Å². The van der Waals surface area contributed by atoms with Gasteiger partial charge in [-0.15, -0.1) is 0 Å². The summed E-state index contributed by atoms with van der Waals surface area (Å²) in [6.07, 6.45) is 0.794. The van der Waals surface area contributed by atoms with Gasteiger partial charge in [-0.2, -0.15) is 12.6 Å². The lowest BCUT2D eigenvalue weighted by molar-refractivity contribution is 0.0333. The Hall–Kier alpha value is -0.360. The average Bonchev–Trinajstić information content (AvgIpc) is 2.17. The van der Waals surface area contributed by atoms with E-state index in [0.29, 0.717) is 5.56 Å². The lowest BCUT2D eigenvalue weighted by atomic mass is 10.1. The highest BCUT2D eigenvalue weighted by atomic mass is 35.5. The molecule has 72 valence electrons. The minimum atomic E-state index is -1.02. The third-order valence-electron chi connectivity index (χ3n) is 1.53. The van der Waals surface area contributed by atoms with E-state index < -0.39 is 12.2 Å². The molecule has 0 bridgehead atoms. The van der Waals surface area contributed by atoms with Crippen LogP contribution in [0.2, 0.25) is 5.28 Å². The number of aromatic nitrogens is 2. The molecule has 13 heavy (non-hydrogen) atoms. The maximum absolute atomic E-state index is 9.46. The van der Waals surface area contributed by atoms with Crippen LogP contribution in [-0.4, -0.2) is 32.0 Å². The first kappa shape index (κ1) is 10.7. The molecule has 0 saturated carbocycles. The molecular weight excluding hydrogens is 212 g/mol. The van der Waals surface area contributed by atoms with E-state index >= 15 is 0 Å². The summed E-state index contributed by atoms with van der Waals surface area (Å²) < 4.78 is 0. The maximum atomic E-state index is 9.46. The number of nitrogens with zero attached hydrogens (tertiary/aromatic N) is 2. The van der Waals surface area contributed by atoms with Gasteiger partial charge in [-0.05, 0) is 11.6 Å². The Balaban J connectivity index is 2.77. The predicted octanol–water partition coefficient (Wildman–Crippen LogP) is 0.454. The van der Waals surface area contributed by atoms with Crippen molar-refractivity contribution in [2.75, 3.05) is 5.75 Å². The summed E-state index contributed by atoms with van der Waals surface area (Å²) in [5.41, 5.74) is 0.422. The minimum Gasteiger partial charge on any atom is -0.389 e. The van der Waals surface area contributed by atoms with Gasteiger partial charge in [-0.1, -0.05) is 0 Å². The zero-order chi connectivity index (χ0) is 9.84. The van der Waals surface area contributed by atoms with Crippen LogP contribution in [0.3, 0.4) is 0 Å². The van der Waals surface area contributed by atoms with Crippen LogP contribution < -0.4 is 0 Å². The molecule has 2 atom stereocenters. The first-order valence-electron chi connectivity index (χ1n) is 3.59. The molecule has 4 nitrogen and oxygen atoms in total. The fourth-order valence-corrected chi connectivity index (χ4v) is 1.09. The van der Waals surface area contributed by atoms with Crippen LogP contribution in [0.4, 0.5) is 0 Å². The Kier molecular flexibility index (Phi) is 3.92. The van der Waals surface area contributed by atoms with Gasteiger partial charge in [0.2, 0.25) is 5.28 Å². The van der Waals surface area contributed by atoms with Gasteiger partial charge in [0.15, 0.2) is 0 Å². The molecule has 0 radical (unpaired) electrons. The van der Waals surface area contributed by atoms with Gasteiger partial charge in [-0.25, -0.2) is 9.97 Å². The van der Waals surface area contributed by atoms with Crippen molar-refractivity contribution in [2.45, 2.75) is 12.2 Å². The van der Waals surface area contributed by atoms with Gasteiger partial charge in [0.25, 0.3) is 0 Å². The first-order valence-corrected chi connectivity index (χ1v) is 4.60. The lowest BCUT2D eigenvalue weighted by Gasteiger charge is -2.14. The number of aliphatic hydroxyl groups is 2. The third-order valence-corrected chi connectivity index (χ3v) is 2.10. The van der Waals surface area contributed by atoms with Crippen molar-refractivity contribution < 1.29 is 10.2 Å². The van der Waals surface area contributed by atoms with E-state index in [-0.39, 0.29) is 11.0 Å². The van der Waals surface area contributed by atoms with Crippen LogP contribution in [0.15, 0.2) is 12.4 Å². The van der Waals surface area contributed by atoms with E-state index in [1.807, 2.05) is 0 Å². The Morgan fingerprint density at radius 3 is 2.38 bits per heavy atom. The van der Waals surface area contributed by atoms with E-state index in [1.54, 1.807) is 0 Å². The fourth-order valence-electron chi connectivity index (χ4n) is 0.797. The summed E-state index contributed by atoms with van der Waals surface area (Å²) >= 11 is 9.30. The van der Waals surface area contributed by atoms with E-state index in [2.05, 4.69) is 22.6 Å². The van der Waals surface area contributed by atoms with Crippen LogP contribution in [0.5, 0.6) is 0 Å². The van der Waals surface area contributed by atoms with Crippen molar-refractivity contribution in [1.29, 1.82) is 0 Å². The Morgan fingerprint density at radius 1 is 1.38 bits per heavy atom. The molecule has 0 aliphatic rings. The predicted molar refractivity (Wildman–Crippen MR) is 51.9 cm³/mol. The van der Waals surface area contributed by atoms with E-state index in [1.165, 1.54) is 12.4 Å². The zero-order valence-corrected chi connectivity index (χ0v) is 8.28. The Bertz CT molecular complexity index is 270. The first-order chi connectivity index (χ1) is 6.15. The number of hydrogen-bond donors (Lipinski definition) is 3. The van der Waals surface area contributed by atoms with Gasteiger partial charge in [0.1, 0.15) is 6.10 Å². The molecule has 0 spiro atoms. The molecule has 0 amide bonds. The molecule has 6 heteroatoms. The maximum Gasteiger partial charge on any atom is 0.222 e. The molecule has 1 aromatic heterocycles. The largest absolute Gasteiger partial charge is 0.389 e. The van der Waals surface area contributed by atoms with Gasteiger partial charge in [0, 0.05) is 23.7 Å². The molecule has 0 fully saturated rings. The molecule has 0 aliphatic carbocycles. The summed E-state index contributed by atoms with van der Waals surface area (Å²) in [7, 11) is 0. The van der Waals surface area contributed by atoms with E-state index in [4.69, 9.17) is 11.6 Å². The average molecular weight is 221 g/mol. The normalized spacial score (nSPS) is 15.4. The smallest absolute Gasteiger partial charge is 0.222 e. The summed E-state index contributed by atoms with van der Waals surface area (Å²) in [5, 5.41) is 18.8. The van der Waals surface area contributed by atoms with Gasteiger partial charge in [-0.3, -0.25) is 0 Å². The Morgan fingerprint density at radius 2 is 1.92 bits per heavy atom. The highest BCUT2D eigenvalue weighted by Crippen LogP contribution is 2.16. The standard InChI is InChI=1S/C7H9ClN2O2S/c8-7-9-1-4(2-10-7)6(12)5(11)3-13/h1-2,5-6,11-13H,3H2. The molecule has 0 aliphatic heterocycles. The quantitative estimate of drug-likeness (QED) is 0.511. The van der Waals surface area contributed by atoms with Crippen molar-refractivity contribution in [3.05, 3.63) is 23.2 Å². The molecular formula is C7H9ClN2O2S. The molecule has 1 rings (SSSR count). The number of thiol groups is 1. The number of rotatable bonds is 3. The summed E-state index contributed by atoms with van der Waals surface area (Å²) in [4.78, 5) is 7.35. The molecule has 2 unspecified atom stereocenters. The molecule has 0 aromatic carbocycles. The van der Waals surface area contributed by atoms with Crippen molar-refractivity contribution in [2.24, 2.45) is 0 Å². The summed E-state index contributed by atoms with van der Waals surface area (Å²) in [5.74, 6) is 0.170. The van der Waals surface area contributed by atoms with Crippen LogP contribution >= 0.6 is 24.2 Å². The highest BCUT2D eigenvalue weighted by molar-refractivity contribution is 7.80. The highest BCUT2D eigenvalue weighted by Gasteiger charge is 2.17. The van der Waals surface area contributed by atoms with Gasteiger partial charge >= 0.3 is 0 Å². The van der Waals surface area contributed by atoms with Gasteiger partial charge in [0.05, 0.1) is 6.10 Å². The number of hydrogen-bond acceptors (Lipinski definition) is 5. The monoisotopic (exact) mass is 220 g/mol. The summed E-state index contributed by atoms with van der Waals surface area (Å²) in [6.45, 7) is 0. The van der Waals surface area contributed by atoms with Crippen molar-refractivity contribution in [1.82, 2.24) is 9.97 Å². The van der Waals surface area contributed by atoms with Crippen LogP contribution in [0, 0.1) is 0 Å². The molecule has 2 N–H and O–H groups in total. The lowest BCUT2D eigenvalue weighted by Crippen LogP contribution is -2.20. The van der Waals surface area contributed by atoms with Crippen LogP contribution in [0.1, 0.15) is 11.7 Å². The van der Waals surface area contributed by atoms with E-state index in [9.17, 15) is 10.2 Å². The second-order valence-electron chi connectivity index (χ2n) is 2.48. The van der Waals surface area contributed by atoms with Crippen LogP contribution in [-0.2, 0) is 0 Å². The van der Waals surface area contributed by atoms with Crippen molar-refractivity contribution in [3.8, 4) is 0 Å². The van der Waals surface area contributed by atoms with Crippen molar-refractivity contribution >= 4 is 24.2 Å².